The van der Waals surface area contributed by atoms with Crippen molar-refractivity contribution in [1.82, 2.24) is 4.98 Å². The summed E-state index contributed by atoms with van der Waals surface area (Å²) in [6.07, 6.45) is 0. The van der Waals surface area contributed by atoms with Gasteiger partial charge in [0.25, 0.3) is 0 Å². The number of benzene rings is 2. The first-order chi connectivity index (χ1) is 13.4. The molecule has 2 N–H and O–H groups in total. The summed E-state index contributed by atoms with van der Waals surface area (Å²) in [5, 5.41) is 3.97. The van der Waals surface area contributed by atoms with Gasteiger partial charge in [0.05, 0.1) is 23.4 Å². The summed E-state index contributed by atoms with van der Waals surface area (Å²) in [5.74, 6) is 1.22. The van der Waals surface area contributed by atoms with Crippen LogP contribution in [0.3, 0.4) is 0 Å². The van der Waals surface area contributed by atoms with E-state index in [0.29, 0.717) is 22.2 Å². The molecule has 0 unspecified atom stereocenters. The maximum atomic E-state index is 12.5. The highest BCUT2D eigenvalue weighted by Gasteiger charge is 2.09. The van der Waals surface area contributed by atoms with E-state index < -0.39 is 0 Å². The number of aromatic nitrogens is 1. The lowest BCUT2D eigenvalue weighted by atomic mass is 10.0. The minimum absolute atomic E-state index is 0.00266. The minimum Gasteiger partial charge on any atom is -0.495 e. The molecule has 0 aliphatic carbocycles. The highest BCUT2D eigenvalue weighted by molar-refractivity contribution is 7.99. The first-order valence-corrected chi connectivity index (χ1v) is 10.3. The number of halogens is 1. The summed E-state index contributed by atoms with van der Waals surface area (Å²) >= 11 is 7.50. The second-order valence-corrected chi connectivity index (χ2v) is 7.89. The number of H-pyrrole nitrogens is 1. The van der Waals surface area contributed by atoms with Gasteiger partial charge in [0.2, 0.25) is 5.91 Å². The first-order valence-electron chi connectivity index (χ1n) is 8.72. The molecule has 0 fully saturated rings. The molecule has 0 atom stereocenters. The van der Waals surface area contributed by atoms with Crippen LogP contribution in [0.5, 0.6) is 5.75 Å². The number of carbonyl (C=O) groups is 1. The lowest BCUT2D eigenvalue weighted by Crippen LogP contribution is -2.14. The van der Waals surface area contributed by atoms with Gasteiger partial charge in [-0.15, -0.1) is 11.8 Å². The van der Waals surface area contributed by atoms with Crippen LogP contribution >= 0.6 is 23.4 Å². The Hall–Kier alpha value is -2.44. The number of nitrogens with one attached hydrogen (secondary N) is 2. The van der Waals surface area contributed by atoms with E-state index >= 15 is 0 Å². The molecule has 0 aliphatic rings. The monoisotopic (exact) mass is 416 g/mol. The minimum atomic E-state index is -0.138. The summed E-state index contributed by atoms with van der Waals surface area (Å²) in [7, 11) is 1.54. The molecule has 0 radical (unpaired) electrons. The van der Waals surface area contributed by atoms with Crippen LogP contribution in [0, 0.1) is 13.8 Å². The topological polar surface area (TPSA) is 71.2 Å². The quantitative estimate of drug-likeness (QED) is 0.612. The molecule has 1 aromatic heterocycles. The predicted molar refractivity (Wildman–Crippen MR) is 117 cm³/mol. The van der Waals surface area contributed by atoms with Crippen LogP contribution in [0.4, 0.5) is 5.69 Å². The Bertz CT molecular complexity index is 1090. The zero-order valence-corrected chi connectivity index (χ0v) is 17.5. The van der Waals surface area contributed by atoms with Gasteiger partial charge in [0.1, 0.15) is 5.75 Å². The van der Waals surface area contributed by atoms with Gasteiger partial charge < -0.3 is 15.0 Å². The van der Waals surface area contributed by atoms with Crippen LogP contribution < -0.4 is 15.5 Å². The van der Waals surface area contributed by atoms with E-state index in [9.17, 15) is 9.59 Å². The van der Waals surface area contributed by atoms with Crippen LogP contribution in [0.2, 0.25) is 5.02 Å². The van der Waals surface area contributed by atoms with Crippen molar-refractivity contribution in [2.24, 2.45) is 0 Å². The number of aromatic amines is 1. The highest BCUT2D eigenvalue weighted by atomic mass is 35.5. The number of hydrogen-bond acceptors (Lipinski definition) is 4. The molecule has 146 valence electrons. The number of hydrogen-bond donors (Lipinski definition) is 2. The number of rotatable bonds is 6. The van der Waals surface area contributed by atoms with Crippen molar-refractivity contribution < 1.29 is 9.53 Å². The molecular weight excluding hydrogens is 396 g/mol. The summed E-state index contributed by atoms with van der Waals surface area (Å²) in [5.41, 5.74) is 4.26. The van der Waals surface area contributed by atoms with Crippen molar-refractivity contribution in [2.75, 3.05) is 18.2 Å². The third-order valence-corrected chi connectivity index (χ3v) is 5.66. The van der Waals surface area contributed by atoms with E-state index in [1.165, 1.54) is 18.9 Å². The van der Waals surface area contributed by atoms with Gasteiger partial charge in [-0.05, 0) is 43.2 Å². The molecule has 1 heterocycles. The maximum absolute atomic E-state index is 12.5. The fourth-order valence-electron chi connectivity index (χ4n) is 2.99. The molecule has 1 amide bonds. The van der Waals surface area contributed by atoms with Gasteiger partial charge in [-0.1, -0.05) is 23.7 Å². The van der Waals surface area contributed by atoms with Crippen molar-refractivity contribution in [3.63, 3.8) is 0 Å². The Morgan fingerprint density at radius 1 is 1.18 bits per heavy atom. The van der Waals surface area contributed by atoms with Crippen LogP contribution in [0.25, 0.3) is 10.9 Å². The summed E-state index contributed by atoms with van der Waals surface area (Å²) in [4.78, 5) is 28.0. The number of fused-ring (bicyclic) bond motifs is 1. The summed E-state index contributed by atoms with van der Waals surface area (Å²) in [6, 6.07) is 10.7. The van der Waals surface area contributed by atoms with Gasteiger partial charge >= 0.3 is 0 Å². The average Bonchev–Trinajstić information content (AvgIpc) is 2.64. The van der Waals surface area contributed by atoms with Crippen molar-refractivity contribution >= 4 is 45.9 Å². The van der Waals surface area contributed by atoms with Crippen LogP contribution in [0.15, 0.2) is 41.2 Å². The number of anilines is 1. The fourth-order valence-corrected chi connectivity index (χ4v) is 3.98. The number of aryl methyl sites for hydroxylation is 2. The van der Waals surface area contributed by atoms with E-state index in [2.05, 4.69) is 10.3 Å². The van der Waals surface area contributed by atoms with Crippen LogP contribution in [0.1, 0.15) is 16.8 Å². The van der Waals surface area contributed by atoms with Crippen LogP contribution in [-0.4, -0.2) is 23.8 Å². The van der Waals surface area contributed by atoms with Crippen molar-refractivity contribution in [1.29, 1.82) is 0 Å². The third-order valence-electron chi connectivity index (χ3n) is 4.39. The molecule has 7 heteroatoms. The zero-order chi connectivity index (χ0) is 20.3. The second-order valence-electron chi connectivity index (χ2n) is 6.50. The Balaban J connectivity index is 1.63. The smallest absolute Gasteiger partial charge is 0.234 e. The standard InChI is InChI=1S/C21H21ClN2O3S/c1-12-4-5-13(2)21-20(12)17(25)9-15(24-21)10-28-11-19(26)23-14-6-7-18(27-3)16(22)8-14/h4-9H,10-11H2,1-3H3,(H,23,26)(H,24,25). The third kappa shape index (κ3) is 4.51. The maximum Gasteiger partial charge on any atom is 0.234 e. The molecule has 28 heavy (non-hydrogen) atoms. The van der Waals surface area contributed by atoms with Gasteiger partial charge in [0.15, 0.2) is 5.43 Å². The van der Waals surface area contributed by atoms with Crippen molar-refractivity contribution in [2.45, 2.75) is 19.6 Å². The number of ether oxygens (including phenoxy) is 1. The lowest BCUT2D eigenvalue weighted by Gasteiger charge is -2.09. The van der Waals surface area contributed by atoms with E-state index in [1.807, 2.05) is 26.0 Å². The molecule has 0 saturated heterocycles. The molecule has 0 spiro atoms. The van der Waals surface area contributed by atoms with E-state index in [0.717, 1.165) is 27.7 Å². The Morgan fingerprint density at radius 3 is 2.64 bits per heavy atom. The lowest BCUT2D eigenvalue weighted by molar-refractivity contribution is -0.113. The average molecular weight is 417 g/mol. The van der Waals surface area contributed by atoms with Gasteiger partial charge in [-0.3, -0.25) is 9.59 Å². The number of amides is 1. The zero-order valence-electron chi connectivity index (χ0n) is 15.9. The van der Waals surface area contributed by atoms with Gasteiger partial charge in [0, 0.05) is 28.6 Å². The molecule has 2 aromatic carbocycles. The number of thioether (sulfide) groups is 1. The number of carbonyl (C=O) groups excluding carboxylic acids is 1. The van der Waals surface area contributed by atoms with Crippen molar-refractivity contribution in [3.05, 3.63) is 68.5 Å². The highest BCUT2D eigenvalue weighted by Crippen LogP contribution is 2.27. The van der Waals surface area contributed by atoms with Gasteiger partial charge in [-0.25, -0.2) is 0 Å². The molecule has 3 rings (SSSR count). The number of pyridine rings is 1. The molecule has 0 aliphatic heterocycles. The first kappa shape index (κ1) is 20.3. The Kier molecular flexibility index (Phi) is 6.31. The second kappa shape index (κ2) is 8.71. The molecule has 0 saturated carbocycles. The summed E-state index contributed by atoms with van der Waals surface area (Å²) in [6.45, 7) is 3.91. The normalized spacial score (nSPS) is 10.9. The Labute approximate surface area is 172 Å². The van der Waals surface area contributed by atoms with Crippen molar-refractivity contribution in [3.8, 4) is 5.75 Å². The van der Waals surface area contributed by atoms with Crippen LogP contribution in [-0.2, 0) is 10.5 Å². The summed E-state index contributed by atoms with van der Waals surface area (Å²) < 4.78 is 5.10. The predicted octanol–water partition coefficient (Wildman–Crippen LogP) is 4.68. The largest absolute Gasteiger partial charge is 0.495 e. The fraction of sp³-hybridized carbons (Fsp3) is 0.238. The van der Waals surface area contributed by atoms with E-state index in [-0.39, 0.29) is 17.1 Å². The molecular formula is C21H21ClN2O3S. The van der Waals surface area contributed by atoms with E-state index in [4.69, 9.17) is 16.3 Å². The Morgan fingerprint density at radius 2 is 1.93 bits per heavy atom. The molecule has 3 aromatic rings. The number of methoxy groups -OCH3 is 1. The van der Waals surface area contributed by atoms with E-state index in [1.54, 1.807) is 24.3 Å². The van der Waals surface area contributed by atoms with Gasteiger partial charge in [-0.2, -0.15) is 0 Å². The SMILES string of the molecule is COc1ccc(NC(=O)CSCc2cc(=O)c3c(C)ccc(C)c3[nH]2)cc1Cl. The molecule has 5 nitrogen and oxygen atoms in total. The molecule has 0 bridgehead atoms.